The van der Waals surface area contributed by atoms with Gasteiger partial charge < -0.3 is 10.2 Å². The number of urea groups is 1. The van der Waals surface area contributed by atoms with Gasteiger partial charge in [-0.2, -0.15) is 0 Å². The standard InChI is InChI=1S/C16H19ClN2OS/c1-3-19(11-14-8-9-15(17)21-14)16(20)18-10-13-6-4-12(2)5-7-13/h4-9H,3,10-11H2,1-2H3,(H,18,20). The van der Waals surface area contributed by atoms with E-state index in [0.29, 0.717) is 19.6 Å². The van der Waals surface area contributed by atoms with E-state index in [4.69, 9.17) is 11.6 Å². The quantitative estimate of drug-likeness (QED) is 0.867. The molecule has 2 amide bonds. The molecule has 0 saturated heterocycles. The van der Waals surface area contributed by atoms with Gasteiger partial charge in [-0.25, -0.2) is 4.79 Å². The fraction of sp³-hybridized carbons (Fsp3) is 0.312. The molecule has 0 spiro atoms. The van der Waals surface area contributed by atoms with E-state index in [9.17, 15) is 4.79 Å². The number of aryl methyl sites for hydroxylation is 1. The SMILES string of the molecule is CCN(Cc1ccc(Cl)s1)C(=O)NCc1ccc(C)cc1. The summed E-state index contributed by atoms with van der Waals surface area (Å²) in [4.78, 5) is 15.1. The molecule has 1 N–H and O–H groups in total. The summed E-state index contributed by atoms with van der Waals surface area (Å²) in [6.07, 6.45) is 0. The normalized spacial score (nSPS) is 10.4. The molecule has 5 heteroatoms. The molecule has 0 aliphatic carbocycles. The third-order valence-electron chi connectivity index (χ3n) is 3.21. The molecule has 1 heterocycles. The molecule has 0 fully saturated rings. The van der Waals surface area contributed by atoms with Crippen molar-refractivity contribution in [1.29, 1.82) is 0 Å². The number of rotatable bonds is 5. The van der Waals surface area contributed by atoms with Gasteiger partial charge in [-0.15, -0.1) is 11.3 Å². The zero-order valence-electron chi connectivity index (χ0n) is 12.2. The lowest BCUT2D eigenvalue weighted by molar-refractivity contribution is 0.198. The molecular weight excluding hydrogens is 304 g/mol. The summed E-state index contributed by atoms with van der Waals surface area (Å²) in [7, 11) is 0. The van der Waals surface area contributed by atoms with Crippen LogP contribution in [-0.2, 0) is 13.1 Å². The summed E-state index contributed by atoms with van der Waals surface area (Å²) in [5.41, 5.74) is 2.32. The van der Waals surface area contributed by atoms with Crippen LogP contribution >= 0.6 is 22.9 Å². The van der Waals surface area contributed by atoms with Gasteiger partial charge in [-0.1, -0.05) is 41.4 Å². The summed E-state index contributed by atoms with van der Waals surface area (Å²) in [5.74, 6) is 0. The molecule has 0 aliphatic heterocycles. The molecule has 112 valence electrons. The van der Waals surface area contributed by atoms with Gasteiger partial charge in [0.25, 0.3) is 0 Å². The van der Waals surface area contributed by atoms with E-state index in [-0.39, 0.29) is 6.03 Å². The van der Waals surface area contributed by atoms with Gasteiger partial charge >= 0.3 is 6.03 Å². The third-order valence-corrected chi connectivity index (χ3v) is 4.42. The Morgan fingerprint density at radius 2 is 1.95 bits per heavy atom. The first kappa shape index (κ1) is 15.9. The third kappa shape index (κ3) is 4.76. The van der Waals surface area contributed by atoms with Crippen LogP contribution in [0.3, 0.4) is 0 Å². The topological polar surface area (TPSA) is 32.3 Å². The molecule has 0 aliphatic rings. The van der Waals surface area contributed by atoms with Crippen LogP contribution in [0.5, 0.6) is 0 Å². The van der Waals surface area contributed by atoms with E-state index in [2.05, 4.69) is 5.32 Å². The van der Waals surface area contributed by atoms with Crippen molar-refractivity contribution in [3.8, 4) is 0 Å². The maximum atomic E-state index is 12.2. The first-order valence-electron chi connectivity index (χ1n) is 6.91. The number of nitrogens with one attached hydrogen (secondary N) is 1. The first-order valence-corrected chi connectivity index (χ1v) is 8.10. The van der Waals surface area contributed by atoms with Gasteiger partial charge in [-0.05, 0) is 31.5 Å². The first-order chi connectivity index (χ1) is 10.1. The van der Waals surface area contributed by atoms with Gasteiger partial charge in [0.05, 0.1) is 10.9 Å². The Labute approximate surface area is 134 Å². The Balaban J connectivity index is 1.89. The molecule has 21 heavy (non-hydrogen) atoms. The second-order valence-electron chi connectivity index (χ2n) is 4.86. The van der Waals surface area contributed by atoms with E-state index in [1.54, 1.807) is 4.90 Å². The van der Waals surface area contributed by atoms with Crippen molar-refractivity contribution < 1.29 is 4.79 Å². The predicted octanol–water partition coefficient (Wildman–Crippen LogP) is 4.44. The highest BCUT2D eigenvalue weighted by Crippen LogP contribution is 2.22. The largest absolute Gasteiger partial charge is 0.334 e. The van der Waals surface area contributed by atoms with Crippen LogP contribution in [0.4, 0.5) is 4.79 Å². The summed E-state index contributed by atoms with van der Waals surface area (Å²) in [6.45, 7) is 5.82. The zero-order valence-corrected chi connectivity index (χ0v) is 13.8. The number of hydrogen-bond donors (Lipinski definition) is 1. The second-order valence-corrected chi connectivity index (χ2v) is 6.66. The maximum absolute atomic E-state index is 12.2. The van der Waals surface area contributed by atoms with Crippen LogP contribution in [0.2, 0.25) is 4.34 Å². The van der Waals surface area contributed by atoms with Gasteiger partial charge in [0.1, 0.15) is 0 Å². The van der Waals surface area contributed by atoms with E-state index in [0.717, 1.165) is 14.8 Å². The smallest absolute Gasteiger partial charge is 0.317 e. The molecular formula is C16H19ClN2OS. The van der Waals surface area contributed by atoms with Crippen LogP contribution in [0.15, 0.2) is 36.4 Å². The zero-order chi connectivity index (χ0) is 15.2. The average molecular weight is 323 g/mol. The molecule has 0 unspecified atom stereocenters. The number of benzene rings is 1. The van der Waals surface area contributed by atoms with Crippen LogP contribution in [0.25, 0.3) is 0 Å². The minimum atomic E-state index is -0.0532. The molecule has 0 saturated carbocycles. The van der Waals surface area contributed by atoms with E-state index in [1.807, 2.05) is 50.2 Å². The number of carbonyl (C=O) groups is 1. The number of thiophene rings is 1. The molecule has 0 atom stereocenters. The number of amides is 2. The molecule has 0 radical (unpaired) electrons. The Morgan fingerprint density at radius 1 is 1.24 bits per heavy atom. The van der Waals surface area contributed by atoms with Gasteiger partial charge in [-0.3, -0.25) is 0 Å². The van der Waals surface area contributed by atoms with Crippen LogP contribution < -0.4 is 5.32 Å². The van der Waals surface area contributed by atoms with Crippen molar-refractivity contribution in [2.24, 2.45) is 0 Å². The monoisotopic (exact) mass is 322 g/mol. The summed E-state index contributed by atoms with van der Waals surface area (Å²) < 4.78 is 0.751. The Hall–Kier alpha value is -1.52. The highest BCUT2D eigenvalue weighted by atomic mass is 35.5. The lowest BCUT2D eigenvalue weighted by Crippen LogP contribution is -2.38. The molecule has 2 rings (SSSR count). The van der Waals surface area contributed by atoms with Crippen molar-refractivity contribution in [1.82, 2.24) is 10.2 Å². The van der Waals surface area contributed by atoms with Crippen molar-refractivity contribution in [2.75, 3.05) is 6.54 Å². The average Bonchev–Trinajstić information content (AvgIpc) is 2.89. The molecule has 1 aromatic heterocycles. The Bertz CT molecular complexity index is 595. The molecule has 3 nitrogen and oxygen atoms in total. The summed E-state index contributed by atoms with van der Waals surface area (Å²) in [5, 5.41) is 2.96. The van der Waals surface area contributed by atoms with Crippen molar-refractivity contribution in [3.63, 3.8) is 0 Å². The highest BCUT2D eigenvalue weighted by molar-refractivity contribution is 7.16. The second kappa shape index (κ2) is 7.48. The van der Waals surface area contributed by atoms with Gasteiger partial charge in [0.2, 0.25) is 0 Å². The number of carbonyl (C=O) groups excluding carboxylic acids is 1. The Kier molecular flexibility index (Phi) is 5.65. The number of halogens is 1. The van der Waals surface area contributed by atoms with Crippen LogP contribution in [0, 0.1) is 6.92 Å². The van der Waals surface area contributed by atoms with Crippen molar-refractivity contribution in [2.45, 2.75) is 26.9 Å². The number of nitrogens with zero attached hydrogens (tertiary/aromatic N) is 1. The molecule has 2 aromatic rings. The molecule has 1 aromatic carbocycles. The fourth-order valence-electron chi connectivity index (χ4n) is 1.95. The predicted molar refractivity (Wildman–Crippen MR) is 88.8 cm³/mol. The van der Waals surface area contributed by atoms with Crippen molar-refractivity contribution in [3.05, 3.63) is 56.7 Å². The number of hydrogen-bond acceptors (Lipinski definition) is 2. The van der Waals surface area contributed by atoms with Gasteiger partial charge in [0.15, 0.2) is 0 Å². The van der Waals surface area contributed by atoms with Crippen LogP contribution in [0.1, 0.15) is 22.9 Å². The van der Waals surface area contributed by atoms with Crippen LogP contribution in [-0.4, -0.2) is 17.5 Å². The van der Waals surface area contributed by atoms with Gasteiger partial charge in [0, 0.05) is 18.0 Å². The minimum Gasteiger partial charge on any atom is -0.334 e. The lowest BCUT2D eigenvalue weighted by Gasteiger charge is -2.20. The lowest BCUT2D eigenvalue weighted by atomic mass is 10.1. The maximum Gasteiger partial charge on any atom is 0.317 e. The fourth-order valence-corrected chi connectivity index (χ4v) is 3.05. The Morgan fingerprint density at radius 3 is 2.52 bits per heavy atom. The van der Waals surface area contributed by atoms with Crippen molar-refractivity contribution >= 4 is 29.0 Å². The minimum absolute atomic E-state index is 0.0532. The van der Waals surface area contributed by atoms with E-state index < -0.39 is 0 Å². The summed E-state index contributed by atoms with van der Waals surface area (Å²) in [6, 6.07) is 11.9. The van der Waals surface area contributed by atoms with E-state index >= 15 is 0 Å². The highest BCUT2D eigenvalue weighted by Gasteiger charge is 2.12. The molecule has 0 bridgehead atoms. The van der Waals surface area contributed by atoms with E-state index in [1.165, 1.54) is 16.9 Å². The summed E-state index contributed by atoms with van der Waals surface area (Å²) >= 11 is 7.43.